The van der Waals surface area contributed by atoms with Gasteiger partial charge in [0.25, 0.3) is 0 Å². The lowest BCUT2D eigenvalue weighted by atomic mass is 9.99. The van der Waals surface area contributed by atoms with Gasteiger partial charge < -0.3 is 14.2 Å². The first-order valence-corrected chi connectivity index (χ1v) is 24.1. The molecule has 0 N–H and O–H groups in total. The summed E-state index contributed by atoms with van der Waals surface area (Å²) in [7, 11) is 0. The molecule has 14 aromatic rings. The van der Waals surface area contributed by atoms with E-state index in [0.29, 0.717) is 0 Å². The molecule has 0 amide bonds. The Balaban J connectivity index is 0.967. The maximum Gasteiger partial charge on any atom is 0.0641 e. The highest BCUT2D eigenvalue weighted by atomic mass is 32.1. The summed E-state index contributed by atoms with van der Waals surface area (Å²) in [4.78, 5) is 4.83. The number of fused-ring (bicyclic) bond motifs is 12. The summed E-state index contributed by atoms with van der Waals surface area (Å²) in [5.41, 5.74) is 15.3. The lowest BCUT2D eigenvalue weighted by molar-refractivity contribution is 1.29. The van der Waals surface area contributed by atoms with Gasteiger partial charge in [-0.3, -0.25) is 0 Å². The fourth-order valence-corrected chi connectivity index (χ4v) is 12.1. The predicted molar refractivity (Wildman–Crippen MR) is 292 cm³/mol. The Labute approximate surface area is 397 Å². The van der Waals surface area contributed by atoms with E-state index in [9.17, 15) is 0 Å². The van der Waals surface area contributed by atoms with Crippen molar-refractivity contribution in [1.82, 2.24) is 4.40 Å². The molecular weight excluding hydrogens is 843 g/mol. The van der Waals surface area contributed by atoms with E-state index in [1.807, 2.05) is 11.3 Å². The minimum Gasteiger partial charge on any atom is -0.310 e. The Morgan fingerprint density at radius 2 is 0.765 bits per heavy atom. The molecule has 0 spiro atoms. The molecule has 68 heavy (non-hydrogen) atoms. The van der Waals surface area contributed by atoms with Crippen LogP contribution >= 0.6 is 11.3 Å². The molecule has 11 aromatic carbocycles. The SMILES string of the molecule is c1ccc(-c2cccc(N(c3ccccc3)c3ccc4c(c3)sc3ccc5c(ccc6c7ccc(N(c8ccccc8)c8cccc(-c9ccccc9)c8)c8c9ccccc9n(c56)c78)c34)c2)cc1. The van der Waals surface area contributed by atoms with Crippen molar-refractivity contribution in [2.45, 2.75) is 0 Å². The zero-order valence-corrected chi connectivity index (χ0v) is 37.7. The molecule has 3 aromatic heterocycles. The molecule has 0 saturated carbocycles. The molecule has 0 radical (unpaired) electrons. The number of anilines is 6. The molecule has 0 fully saturated rings. The molecule has 14 rings (SSSR count). The first-order chi connectivity index (χ1) is 33.7. The third-order valence-electron chi connectivity index (χ3n) is 13.8. The molecule has 3 nitrogen and oxygen atoms in total. The zero-order valence-electron chi connectivity index (χ0n) is 36.9. The normalized spacial score (nSPS) is 11.8. The number of nitrogens with zero attached hydrogens (tertiary/aromatic N) is 3. The average molecular weight is 884 g/mol. The third-order valence-corrected chi connectivity index (χ3v) is 15.0. The van der Waals surface area contributed by atoms with Gasteiger partial charge in [0.1, 0.15) is 0 Å². The first-order valence-electron chi connectivity index (χ1n) is 23.3. The number of benzene rings is 11. The van der Waals surface area contributed by atoms with Crippen molar-refractivity contribution in [2.24, 2.45) is 0 Å². The van der Waals surface area contributed by atoms with E-state index >= 15 is 0 Å². The molecule has 0 aliphatic heterocycles. The fourth-order valence-electron chi connectivity index (χ4n) is 10.9. The summed E-state index contributed by atoms with van der Waals surface area (Å²) in [6, 6.07) is 90.9. The number of hydrogen-bond donors (Lipinski definition) is 0. The standard InChI is InChI=1S/C64H41N3S/c1-5-17-42(18-6-1)44-21-15-27-48(39-44)65(46-23-9-3-10-24-46)50-31-32-56-60(41-50)68-59-38-36-52-51(61(56)59)33-34-53-54-35-37-58(62-55-29-13-14-30-57(55)67(63(52)53)64(54)62)66(47-25-11-4-12-26-47)49-28-16-22-45(40-49)43-19-7-2-8-20-43/h1-41H. The first kappa shape index (κ1) is 38.6. The van der Waals surface area contributed by atoms with Crippen molar-refractivity contribution in [1.29, 1.82) is 0 Å². The van der Waals surface area contributed by atoms with E-state index in [4.69, 9.17) is 0 Å². The van der Waals surface area contributed by atoms with Gasteiger partial charge in [-0.05, 0) is 107 Å². The van der Waals surface area contributed by atoms with Crippen molar-refractivity contribution < 1.29 is 0 Å². The van der Waals surface area contributed by atoms with Crippen LogP contribution in [0.25, 0.3) is 91.3 Å². The summed E-state index contributed by atoms with van der Waals surface area (Å²) in [5.74, 6) is 0. The monoisotopic (exact) mass is 883 g/mol. The van der Waals surface area contributed by atoms with Crippen LogP contribution in [0.1, 0.15) is 0 Å². The molecule has 0 aliphatic carbocycles. The fraction of sp³-hybridized carbons (Fsp3) is 0. The van der Waals surface area contributed by atoms with Crippen molar-refractivity contribution in [3.63, 3.8) is 0 Å². The second kappa shape index (κ2) is 15.5. The van der Waals surface area contributed by atoms with Gasteiger partial charge in [0, 0.05) is 75.5 Å². The van der Waals surface area contributed by atoms with Crippen LogP contribution in [0.2, 0.25) is 0 Å². The van der Waals surface area contributed by atoms with Crippen molar-refractivity contribution in [3.05, 3.63) is 249 Å². The minimum absolute atomic E-state index is 1.12. The summed E-state index contributed by atoms with van der Waals surface area (Å²) in [6.45, 7) is 0. The Hall–Kier alpha value is -8.70. The third kappa shape index (κ3) is 5.98. The number of para-hydroxylation sites is 3. The average Bonchev–Trinajstić information content (AvgIpc) is 4.08. The van der Waals surface area contributed by atoms with E-state index in [1.165, 1.54) is 91.3 Å². The second-order valence-corrected chi connectivity index (χ2v) is 18.7. The van der Waals surface area contributed by atoms with Crippen LogP contribution in [-0.4, -0.2) is 4.40 Å². The van der Waals surface area contributed by atoms with Crippen LogP contribution in [0.4, 0.5) is 34.1 Å². The lowest BCUT2D eigenvalue weighted by Crippen LogP contribution is -2.10. The highest BCUT2D eigenvalue weighted by Crippen LogP contribution is 2.50. The van der Waals surface area contributed by atoms with E-state index in [2.05, 4.69) is 263 Å². The van der Waals surface area contributed by atoms with Gasteiger partial charge in [-0.1, -0.05) is 170 Å². The molecule has 0 saturated heterocycles. The highest BCUT2D eigenvalue weighted by Gasteiger charge is 2.26. The molecule has 0 aliphatic rings. The molecule has 3 heterocycles. The van der Waals surface area contributed by atoms with Crippen molar-refractivity contribution >= 4 is 115 Å². The quantitative estimate of drug-likeness (QED) is 0.151. The molecular formula is C64H41N3S. The van der Waals surface area contributed by atoms with E-state index in [-0.39, 0.29) is 0 Å². The van der Waals surface area contributed by atoms with Crippen LogP contribution in [0.3, 0.4) is 0 Å². The Morgan fingerprint density at radius 1 is 0.279 bits per heavy atom. The van der Waals surface area contributed by atoms with Gasteiger partial charge in [0.05, 0.1) is 22.2 Å². The smallest absolute Gasteiger partial charge is 0.0641 e. The van der Waals surface area contributed by atoms with Crippen LogP contribution < -0.4 is 9.80 Å². The summed E-state index contributed by atoms with van der Waals surface area (Å²) in [5, 5.41) is 10.2. The highest BCUT2D eigenvalue weighted by molar-refractivity contribution is 7.26. The second-order valence-electron chi connectivity index (χ2n) is 17.7. The van der Waals surface area contributed by atoms with Gasteiger partial charge in [0.15, 0.2) is 0 Å². The summed E-state index contributed by atoms with van der Waals surface area (Å²) in [6.07, 6.45) is 0. The predicted octanol–water partition coefficient (Wildman–Crippen LogP) is 18.6. The molecule has 0 bridgehead atoms. The summed E-state index contributed by atoms with van der Waals surface area (Å²) >= 11 is 1.88. The minimum atomic E-state index is 1.12. The molecule has 318 valence electrons. The van der Waals surface area contributed by atoms with Crippen LogP contribution in [0.15, 0.2) is 249 Å². The number of rotatable bonds is 8. The Kier molecular flexibility index (Phi) is 8.76. The largest absolute Gasteiger partial charge is 0.310 e. The topological polar surface area (TPSA) is 10.9 Å². The number of aromatic nitrogens is 1. The molecule has 0 atom stereocenters. The van der Waals surface area contributed by atoms with E-state index < -0.39 is 0 Å². The van der Waals surface area contributed by atoms with Crippen LogP contribution in [-0.2, 0) is 0 Å². The van der Waals surface area contributed by atoms with Gasteiger partial charge in [0.2, 0.25) is 0 Å². The van der Waals surface area contributed by atoms with Gasteiger partial charge in [-0.2, -0.15) is 0 Å². The summed E-state index contributed by atoms with van der Waals surface area (Å²) < 4.78 is 5.12. The lowest BCUT2D eigenvalue weighted by Gasteiger charge is -2.27. The zero-order chi connectivity index (χ0) is 44.7. The molecule has 4 heteroatoms. The van der Waals surface area contributed by atoms with Crippen molar-refractivity contribution in [2.75, 3.05) is 9.80 Å². The van der Waals surface area contributed by atoms with Gasteiger partial charge in [-0.15, -0.1) is 11.3 Å². The van der Waals surface area contributed by atoms with Crippen LogP contribution in [0.5, 0.6) is 0 Å². The van der Waals surface area contributed by atoms with Gasteiger partial charge in [-0.25, -0.2) is 0 Å². The molecule has 0 unspecified atom stereocenters. The van der Waals surface area contributed by atoms with E-state index in [0.717, 1.165) is 34.1 Å². The Bertz CT molecular complexity index is 4200. The maximum atomic E-state index is 2.56. The maximum absolute atomic E-state index is 2.56. The van der Waals surface area contributed by atoms with Crippen molar-refractivity contribution in [3.8, 4) is 22.3 Å². The van der Waals surface area contributed by atoms with E-state index in [1.54, 1.807) is 0 Å². The van der Waals surface area contributed by atoms with Crippen LogP contribution in [0, 0.1) is 0 Å². The number of hydrogen-bond acceptors (Lipinski definition) is 3. The Morgan fingerprint density at radius 3 is 1.46 bits per heavy atom. The van der Waals surface area contributed by atoms with Gasteiger partial charge >= 0.3 is 0 Å². The number of thiophene rings is 1.